The van der Waals surface area contributed by atoms with Crippen LogP contribution in [0.4, 0.5) is 0 Å². The fraction of sp³-hybridized carbons (Fsp3) is 0.323. The number of aromatic hydroxyl groups is 1. The van der Waals surface area contributed by atoms with Gasteiger partial charge in [0.1, 0.15) is 23.3 Å². The average Bonchev–Trinajstić information content (AvgIpc) is 2.92. The first kappa shape index (κ1) is 26.9. The van der Waals surface area contributed by atoms with E-state index in [4.69, 9.17) is 9.15 Å². The third-order valence-electron chi connectivity index (χ3n) is 6.65. The van der Waals surface area contributed by atoms with Gasteiger partial charge in [-0.25, -0.2) is 4.79 Å². The number of fused-ring (bicyclic) bond motifs is 1. The van der Waals surface area contributed by atoms with Crippen LogP contribution in [0.5, 0.6) is 11.5 Å². The van der Waals surface area contributed by atoms with Gasteiger partial charge in [0.15, 0.2) is 5.43 Å². The van der Waals surface area contributed by atoms with Crippen molar-refractivity contribution in [2.45, 2.75) is 58.3 Å². The van der Waals surface area contributed by atoms with E-state index in [1.807, 2.05) is 24.3 Å². The van der Waals surface area contributed by atoms with Gasteiger partial charge in [-0.05, 0) is 41.8 Å². The highest BCUT2D eigenvalue weighted by Gasteiger charge is 2.18. The molecule has 0 aliphatic heterocycles. The number of aromatic nitrogens is 1. The molecule has 0 unspecified atom stereocenters. The number of carbonyl (C=O) groups is 1. The molecule has 2 aromatic carbocycles. The largest absolute Gasteiger partial charge is 0.506 e. The summed E-state index contributed by atoms with van der Waals surface area (Å²) in [7, 11) is 0. The minimum absolute atomic E-state index is 0.115. The Kier molecular flexibility index (Phi) is 9.14. The normalized spacial score (nSPS) is 11.1. The summed E-state index contributed by atoms with van der Waals surface area (Å²) >= 11 is 0. The molecule has 7 nitrogen and oxygen atoms in total. The van der Waals surface area contributed by atoms with E-state index in [-0.39, 0.29) is 27.9 Å². The van der Waals surface area contributed by atoms with Crippen LogP contribution in [-0.4, -0.2) is 27.8 Å². The number of benzene rings is 2. The zero-order valence-electron chi connectivity index (χ0n) is 21.6. The van der Waals surface area contributed by atoms with E-state index >= 15 is 0 Å². The van der Waals surface area contributed by atoms with Crippen LogP contribution in [0, 0.1) is 0 Å². The number of hydrogen-bond acceptors (Lipinski definition) is 6. The molecule has 0 saturated heterocycles. The lowest BCUT2D eigenvalue weighted by molar-refractivity contribution is 0.0697. The molecular formula is C31H33NO6. The molecular weight excluding hydrogens is 482 g/mol. The summed E-state index contributed by atoms with van der Waals surface area (Å²) in [5.41, 5.74) is 1.58. The Morgan fingerprint density at radius 3 is 2.32 bits per heavy atom. The Balaban J connectivity index is 1.43. The number of carboxylic acid groups (broad SMARTS) is 1. The molecule has 0 spiro atoms. The first-order valence-corrected chi connectivity index (χ1v) is 13.2. The Morgan fingerprint density at radius 1 is 0.921 bits per heavy atom. The van der Waals surface area contributed by atoms with Gasteiger partial charge in [0, 0.05) is 11.8 Å². The molecule has 0 fully saturated rings. The number of hydrogen-bond donors (Lipinski definition) is 2. The van der Waals surface area contributed by atoms with E-state index in [0.717, 1.165) is 12.2 Å². The predicted molar refractivity (Wildman–Crippen MR) is 148 cm³/mol. The van der Waals surface area contributed by atoms with Crippen LogP contribution in [0.1, 0.15) is 68.6 Å². The van der Waals surface area contributed by atoms with Crippen molar-refractivity contribution in [2.75, 3.05) is 6.61 Å². The molecule has 7 heteroatoms. The van der Waals surface area contributed by atoms with E-state index in [1.54, 1.807) is 18.2 Å². The molecule has 4 rings (SSSR count). The van der Waals surface area contributed by atoms with Gasteiger partial charge in [-0.1, -0.05) is 70.1 Å². The van der Waals surface area contributed by atoms with Crippen LogP contribution >= 0.6 is 0 Å². The Labute approximate surface area is 221 Å². The number of rotatable bonds is 13. The van der Waals surface area contributed by atoms with E-state index in [2.05, 4.69) is 11.9 Å². The van der Waals surface area contributed by atoms with Crippen LogP contribution in [0.3, 0.4) is 0 Å². The first-order chi connectivity index (χ1) is 18.5. The lowest BCUT2D eigenvalue weighted by Gasteiger charge is -2.10. The highest BCUT2D eigenvalue weighted by Crippen LogP contribution is 2.34. The second-order valence-electron chi connectivity index (χ2n) is 9.42. The number of nitrogens with zero attached hydrogens (tertiary/aromatic N) is 1. The number of aromatic carboxylic acids is 1. The van der Waals surface area contributed by atoms with Crippen molar-refractivity contribution >= 4 is 16.9 Å². The molecule has 2 aromatic heterocycles. The molecule has 0 radical (unpaired) electrons. The molecule has 0 aliphatic carbocycles. The summed E-state index contributed by atoms with van der Waals surface area (Å²) in [6, 6.07) is 12.1. The number of ether oxygens (including phenoxy) is 1. The van der Waals surface area contributed by atoms with Crippen molar-refractivity contribution in [3.8, 4) is 33.8 Å². The van der Waals surface area contributed by atoms with Crippen LogP contribution in [0.25, 0.3) is 33.2 Å². The van der Waals surface area contributed by atoms with Gasteiger partial charge in [0.25, 0.3) is 0 Å². The van der Waals surface area contributed by atoms with Crippen LogP contribution in [-0.2, 0) is 0 Å². The van der Waals surface area contributed by atoms with Gasteiger partial charge in [0.2, 0.25) is 0 Å². The van der Waals surface area contributed by atoms with E-state index in [9.17, 15) is 19.8 Å². The average molecular weight is 516 g/mol. The Bertz CT molecular complexity index is 1440. The van der Waals surface area contributed by atoms with Gasteiger partial charge in [-0.2, -0.15) is 0 Å². The minimum Gasteiger partial charge on any atom is -0.506 e. The molecule has 0 saturated carbocycles. The molecule has 4 aromatic rings. The van der Waals surface area contributed by atoms with Crippen molar-refractivity contribution in [1.82, 2.24) is 4.98 Å². The fourth-order valence-electron chi connectivity index (χ4n) is 4.55. The summed E-state index contributed by atoms with van der Waals surface area (Å²) < 4.78 is 11.6. The number of carboxylic acids is 1. The minimum atomic E-state index is -1.22. The van der Waals surface area contributed by atoms with E-state index < -0.39 is 5.97 Å². The topological polar surface area (TPSA) is 110 Å². The summed E-state index contributed by atoms with van der Waals surface area (Å²) in [5.74, 6) is -0.726. The molecule has 2 heterocycles. The zero-order chi connectivity index (χ0) is 26.9. The van der Waals surface area contributed by atoms with Crippen LogP contribution in [0.2, 0.25) is 0 Å². The van der Waals surface area contributed by atoms with Gasteiger partial charge >= 0.3 is 5.97 Å². The summed E-state index contributed by atoms with van der Waals surface area (Å²) in [5, 5.41) is 20.1. The lowest BCUT2D eigenvalue weighted by Crippen LogP contribution is -2.05. The molecule has 198 valence electrons. The van der Waals surface area contributed by atoms with Crippen molar-refractivity contribution in [3.63, 3.8) is 0 Å². The smallest absolute Gasteiger partial charge is 0.338 e. The van der Waals surface area contributed by atoms with Crippen LogP contribution < -0.4 is 10.2 Å². The third-order valence-corrected chi connectivity index (χ3v) is 6.65. The maximum atomic E-state index is 13.2. The molecule has 38 heavy (non-hydrogen) atoms. The quantitative estimate of drug-likeness (QED) is 0.178. The SMILES string of the molecule is CCCCCCCCCCOc1ccc(-c2coc3cc(-c4c(O)cncc4C(=O)O)ccc3c2=O)cc1. The van der Waals surface area contributed by atoms with Crippen LogP contribution in [0.15, 0.2) is 70.3 Å². The number of pyridine rings is 1. The standard InChI is InChI=1S/C31H33NO6/c1-2-3-4-5-6-7-8-9-16-37-23-13-10-21(11-14-23)26-20-38-28-17-22(12-15-24(28)30(26)34)29-25(31(35)36)18-32-19-27(29)33/h10-15,17-20,33H,2-9,16H2,1H3,(H,35,36). The molecule has 0 bridgehead atoms. The molecule has 0 amide bonds. The van der Waals surface area contributed by atoms with Crippen molar-refractivity contribution < 1.29 is 24.2 Å². The maximum Gasteiger partial charge on any atom is 0.338 e. The predicted octanol–water partition coefficient (Wildman–Crippen LogP) is 7.45. The van der Waals surface area contributed by atoms with Gasteiger partial charge in [-0.15, -0.1) is 0 Å². The van der Waals surface area contributed by atoms with Crippen molar-refractivity contribution in [2.24, 2.45) is 0 Å². The molecule has 0 atom stereocenters. The fourth-order valence-corrected chi connectivity index (χ4v) is 4.55. The number of unbranched alkanes of at least 4 members (excludes halogenated alkanes) is 7. The first-order valence-electron chi connectivity index (χ1n) is 13.2. The second kappa shape index (κ2) is 12.9. The van der Waals surface area contributed by atoms with Crippen molar-refractivity contribution in [3.05, 3.63) is 76.9 Å². The highest BCUT2D eigenvalue weighted by atomic mass is 16.5. The molecule has 2 N–H and O–H groups in total. The summed E-state index contributed by atoms with van der Waals surface area (Å²) in [6.45, 7) is 2.90. The molecule has 0 aliphatic rings. The Morgan fingerprint density at radius 2 is 1.61 bits per heavy atom. The van der Waals surface area contributed by atoms with Gasteiger partial charge < -0.3 is 19.4 Å². The monoisotopic (exact) mass is 515 g/mol. The van der Waals surface area contributed by atoms with E-state index in [1.165, 1.54) is 63.6 Å². The van der Waals surface area contributed by atoms with Gasteiger partial charge in [0.05, 0.1) is 29.3 Å². The lowest BCUT2D eigenvalue weighted by atomic mass is 9.98. The third kappa shape index (κ3) is 6.40. The summed E-state index contributed by atoms with van der Waals surface area (Å²) in [4.78, 5) is 28.6. The zero-order valence-corrected chi connectivity index (χ0v) is 21.6. The maximum absolute atomic E-state index is 13.2. The highest BCUT2D eigenvalue weighted by molar-refractivity contribution is 5.98. The van der Waals surface area contributed by atoms with Gasteiger partial charge in [-0.3, -0.25) is 9.78 Å². The second-order valence-corrected chi connectivity index (χ2v) is 9.42. The van der Waals surface area contributed by atoms with Crippen molar-refractivity contribution in [1.29, 1.82) is 0 Å². The van der Waals surface area contributed by atoms with E-state index in [0.29, 0.717) is 28.7 Å². The summed E-state index contributed by atoms with van der Waals surface area (Å²) in [6.07, 6.45) is 13.7. The Hall–Kier alpha value is -4.13.